The number of halogens is 1. The number of nitrogens with two attached hydrogens (primary N) is 1. The summed E-state index contributed by atoms with van der Waals surface area (Å²) in [5, 5.41) is 0. The topological polar surface area (TPSA) is 64.8 Å². The van der Waals surface area contributed by atoms with Crippen LogP contribution in [0.3, 0.4) is 0 Å². The summed E-state index contributed by atoms with van der Waals surface area (Å²) >= 11 is 0. The molecule has 2 aliphatic rings. The molecule has 5 nitrogen and oxygen atoms in total. The van der Waals surface area contributed by atoms with Crippen molar-refractivity contribution < 1.29 is 18.7 Å². The first kappa shape index (κ1) is 13.1. The molecule has 6 heteroatoms. The quantitative estimate of drug-likeness (QED) is 0.861. The van der Waals surface area contributed by atoms with Crippen LogP contribution in [0, 0.1) is 5.82 Å². The summed E-state index contributed by atoms with van der Waals surface area (Å²) in [6.45, 7) is 0.183. The number of anilines is 1. The summed E-state index contributed by atoms with van der Waals surface area (Å²) in [5.74, 6) is 0.673. The second kappa shape index (κ2) is 4.71. The lowest BCUT2D eigenvalue weighted by atomic mass is 9.88. The Morgan fingerprint density at radius 1 is 1.14 bits per heavy atom. The van der Waals surface area contributed by atoms with Gasteiger partial charge in [0.1, 0.15) is 11.9 Å². The van der Waals surface area contributed by atoms with E-state index >= 15 is 0 Å². The maximum Gasteiger partial charge on any atom is 0.247 e. The summed E-state index contributed by atoms with van der Waals surface area (Å²) in [5.41, 5.74) is 7.28. The molecule has 2 atom stereocenters. The van der Waals surface area contributed by atoms with E-state index in [0.29, 0.717) is 17.2 Å². The molecule has 0 aliphatic carbocycles. The van der Waals surface area contributed by atoms with Crippen molar-refractivity contribution >= 4 is 11.6 Å². The molecule has 2 aliphatic heterocycles. The second-order valence-electron chi connectivity index (χ2n) is 5.27. The maximum absolute atomic E-state index is 13.4. The number of carbonyl (C=O) groups is 1. The Kier molecular flexibility index (Phi) is 2.80. The lowest BCUT2D eigenvalue weighted by Crippen LogP contribution is -2.63. The highest BCUT2D eigenvalue weighted by molar-refractivity contribution is 6.05. The smallest absolute Gasteiger partial charge is 0.247 e. The van der Waals surface area contributed by atoms with Gasteiger partial charge in [0, 0.05) is 5.69 Å². The number of hydrogen-bond acceptors (Lipinski definition) is 4. The lowest BCUT2D eigenvalue weighted by Gasteiger charge is -2.45. The van der Waals surface area contributed by atoms with E-state index in [9.17, 15) is 9.18 Å². The molecule has 1 fully saturated rings. The Hall–Kier alpha value is -2.60. The minimum Gasteiger partial charge on any atom is -0.454 e. The van der Waals surface area contributed by atoms with Crippen molar-refractivity contribution in [1.29, 1.82) is 0 Å². The number of fused-ring (bicyclic) bond motifs is 1. The van der Waals surface area contributed by atoms with Gasteiger partial charge in [-0.2, -0.15) is 0 Å². The number of β-lactam (4-membered cyclic amide) rings is 1. The fourth-order valence-corrected chi connectivity index (χ4v) is 2.88. The molecule has 1 saturated heterocycles. The number of carbonyl (C=O) groups excluding carboxylic acids is 1. The van der Waals surface area contributed by atoms with Gasteiger partial charge in [-0.3, -0.25) is 4.79 Å². The Morgan fingerprint density at radius 2 is 1.95 bits per heavy atom. The van der Waals surface area contributed by atoms with Gasteiger partial charge in [-0.15, -0.1) is 0 Å². The summed E-state index contributed by atoms with van der Waals surface area (Å²) in [7, 11) is 0. The molecule has 112 valence electrons. The zero-order chi connectivity index (χ0) is 15.3. The first-order valence-electron chi connectivity index (χ1n) is 6.89. The molecule has 2 N–H and O–H groups in total. The Balaban J connectivity index is 1.72. The third kappa shape index (κ3) is 1.84. The van der Waals surface area contributed by atoms with Gasteiger partial charge in [0.15, 0.2) is 11.5 Å². The number of benzene rings is 2. The van der Waals surface area contributed by atoms with Gasteiger partial charge in [-0.05, 0) is 35.9 Å². The van der Waals surface area contributed by atoms with Crippen LogP contribution in [0.15, 0.2) is 42.5 Å². The van der Waals surface area contributed by atoms with Crippen molar-refractivity contribution in [3.63, 3.8) is 0 Å². The predicted molar refractivity (Wildman–Crippen MR) is 77.2 cm³/mol. The van der Waals surface area contributed by atoms with Crippen LogP contribution in [0.1, 0.15) is 11.6 Å². The summed E-state index contributed by atoms with van der Waals surface area (Å²) in [6, 6.07) is 10.4. The first-order chi connectivity index (χ1) is 10.6. The molecule has 4 rings (SSSR count). The molecule has 2 aromatic rings. The van der Waals surface area contributed by atoms with E-state index in [4.69, 9.17) is 15.2 Å². The second-order valence-corrected chi connectivity index (χ2v) is 5.27. The minimum absolute atomic E-state index is 0.183. The van der Waals surface area contributed by atoms with E-state index in [1.165, 1.54) is 17.0 Å². The third-order valence-corrected chi connectivity index (χ3v) is 3.97. The molecule has 22 heavy (non-hydrogen) atoms. The molecule has 1 amide bonds. The zero-order valence-corrected chi connectivity index (χ0v) is 11.5. The molecule has 0 unspecified atom stereocenters. The van der Waals surface area contributed by atoms with E-state index in [1.54, 1.807) is 18.2 Å². The van der Waals surface area contributed by atoms with Gasteiger partial charge in [0.2, 0.25) is 12.7 Å². The normalized spacial score (nSPS) is 22.6. The Morgan fingerprint density at radius 3 is 2.77 bits per heavy atom. The van der Waals surface area contributed by atoms with Crippen LogP contribution in [0.25, 0.3) is 0 Å². The number of hydrogen-bond donors (Lipinski definition) is 1. The fraction of sp³-hybridized carbons (Fsp3) is 0.188. The van der Waals surface area contributed by atoms with Gasteiger partial charge < -0.3 is 20.1 Å². The fourth-order valence-electron chi connectivity index (χ4n) is 2.88. The minimum atomic E-state index is -0.649. The Labute approximate surface area is 126 Å². The van der Waals surface area contributed by atoms with Crippen LogP contribution in [0.2, 0.25) is 0 Å². The van der Waals surface area contributed by atoms with Crippen LogP contribution in [-0.2, 0) is 4.79 Å². The average molecular weight is 300 g/mol. The van der Waals surface area contributed by atoms with Gasteiger partial charge in [-0.1, -0.05) is 12.1 Å². The zero-order valence-electron chi connectivity index (χ0n) is 11.5. The molecule has 0 saturated carbocycles. The highest BCUT2D eigenvalue weighted by Crippen LogP contribution is 2.42. The summed E-state index contributed by atoms with van der Waals surface area (Å²) < 4.78 is 24.0. The predicted octanol–water partition coefficient (Wildman–Crippen LogP) is 1.97. The molecule has 0 radical (unpaired) electrons. The maximum atomic E-state index is 13.4. The molecule has 0 bridgehead atoms. The van der Waals surface area contributed by atoms with E-state index < -0.39 is 11.9 Å². The Bertz CT molecular complexity index is 765. The number of rotatable bonds is 2. The van der Waals surface area contributed by atoms with Gasteiger partial charge in [-0.25, -0.2) is 4.39 Å². The highest BCUT2D eigenvalue weighted by atomic mass is 19.1. The van der Waals surface area contributed by atoms with Crippen LogP contribution >= 0.6 is 0 Å². The number of nitrogens with zero attached hydrogens (tertiary/aromatic N) is 1. The van der Waals surface area contributed by atoms with Crippen LogP contribution in [0.4, 0.5) is 10.1 Å². The summed E-state index contributed by atoms with van der Waals surface area (Å²) in [4.78, 5) is 13.6. The molecular formula is C16H13FN2O3. The van der Waals surface area contributed by atoms with E-state index in [1.807, 2.05) is 12.1 Å². The molecule has 0 spiro atoms. The number of amides is 1. The monoisotopic (exact) mass is 300 g/mol. The third-order valence-electron chi connectivity index (χ3n) is 3.97. The molecule has 0 aromatic heterocycles. The van der Waals surface area contributed by atoms with Gasteiger partial charge in [0.25, 0.3) is 0 Å². The van der Waals surface area contributed by atoms with Crippen molar-refractivity contribution in [3.05, 3.63) is 53.8 Å². The van der Waals surface area contributed by atoms with Crippen LogP contribution < -0.4 is 20.1 Å². The van der Waals surface area contributed by atoms with E-state index in [0.717, 1.165) is 5.56 Å². The SMILES string of the molecule is N[C@H]1C(=O)N(c2cccc(F)c2)[C@@H]1c1ccc2c(c1)OCO2. The largest absolute Gasteiger partial charge is 0.454 e. The van der Waals surface area contributed by atoms with Gasteiger partial charge in [0.05, 0.1) is 6.04 Å². The lowest BCUT2D eigenvalue weighted by molar-refractivity contribution is -0.126. The van der Waals surface area contributed by atoms with Crippen molar-refractivity contribution in [2.45, 2.75) is 12.1 Å². The molecule has 2 heterocycles. The van der Waals surface area contributed by atoms with Crippen LogP contribution in [-0.4, -0.2) is 18.7 Å². The van der Waals surface area contributed by atoms with Crippen molar-refractivity contribution in [2.24, 2.45) is 5.73 Å². The summed E-state index contributed by atoms with van der Waals surface area (Å²) in [6.07, 6.45) is 0. The van der Waals surface area contributed by atoms with Gasteiger partial charge >= 0.3 is 0 Å². The average Bonchev–Trinajstić information content (AvgIpc) is 2.98. The van der Waals surface area contributed by atoms with Crippen molar-refractivity contribution in [2.75, 3.05) is 11.7 Å². The first-order valence-corrected chi connectivity index (χ1v) is 6.89. The van der Waals surface area contributed by atoms with Crippen molar-refractivity contribution in [3.8, 4) is 11.5 Å². The molecular weight excluding hydrogens is 287 g/mol. The van der Waals surface area contributed by atoms with E-state index in [-0.39, 0.29) is 18.7 Å². The highest BCUT2D eigenvalue weighted by Gasteiger charge is 2.47. The van der Waals surface area contributed by atoms with Crippen molar-refractivity contribution in [1.82, 2.24) is 0 Å². The standard InChI is InChI=1S/C16H13FN2O3/c17-10-2-1-3-11(7-10)19-15(14(18)16(19)20)9-4-5-12-13(6-9)22-8-21-12/h1-7,14-15H,8,18H2/t14-,15-/m1/s1. The number of ether oxygens (including phenoxy) is 2. The van der Waals surface area contributed by atoms with E-state index in [2.05, 4.69) is 0 Å². The molecule has 2 aromatic carbocycles. The van der Waals surface area contributed by atoms with Crippen LogP contribution in [0.5, 0.6) is 11.5 Å².